The number of ether oxygens (including phenoxy) is 1. The molecule has 1 rings (SSSR count). The topological polar surface area (TPSA) is 26.3 Å². The Morgan fingerprint density at radius 2 is 2.08 bits per heavy atom. The van der Waals surface area contributed by atoms with E-state index in [9.17, 15) is 4.79 Å². The largest absolute Gasteiger partial charge is 0.496 e. The molecule has 0 fully saturated rings. The van der Waals surface area contributed by atoms with Gasteiger partial charge in [-0.3, -0.25) is 4.79 Å². The molecule has 0 N–H and O–H groups in total. The SMILES string of the molecule is COc1ccc(Br)c(C(C)=O)c1C. The second-order valence-corrected chi connectivity index (χ2v) is 3.66. The van der Waals surface area contributed by atoms with E-state index in [1.807, 2.05) is 19.1 Å². The smallest absolute Gasteiger partial charge is 0.161 e. The third kappa shape index (κ3) is 1.91. The molecule has 2 nitrogen and oxygen atoms in total. The first kappa shape index (κ1) is 10.3. The van der Waals surface area contributed by atoms with Gasteiger partial charge >= 0.3 is 0 Å². The number of hydrogen-bond acceptors (Lipinski definition) is 2. The van der Waals surface area contributed by atoms with Crippen LogP contribution < -0.4 is 4.74 Å². The Labute approximate surface area is 86.0 Å². The lowest BCUT2D eigenvalue weighted by Gasteiger charge is -2.09. The lowest BCUT2D eigenvalue weighted by Crippen LogP contribution is -2.00. The van der Waals surface area contributed by atoms with Crippen LogP contribution in [0.5, 0.6) is 5.75 Å². The Morgan fingerprint density at radius 1 is 1.46 bits per heavy atom. The van der Waals surface area contributed by atoms with Crippen LogP contribution in [0.15, 0.2) is 16.6 Å². The molecule has 0 atom stereocenters. The van der Waals surface area contributed by atoms with Gasteiger partial charge in [0.05, 0.1) is 7.11 Å². The van der Waals surface area contributed by atoms with Crippen molar-refractivity contribution in [1.82, 2.24) is 0 Å². The highest BCUT2D eigenvalue weighted by molar-refractivity contribution is 9.10. The summed E-state index contributed by atoms with van der Waals surface area (Å²) >= 11 is 3.33. The molecule has 0 aliphatic rings. The zero-order valence-electron chi connectivity index (χ0n) is 7.85. The van der Waals surface area contributed by atoms with Gasteiger partial charge in [-0.2, -0.15) is 0 Å². The molecule has 70 valence electrons. The maximum absolute atomic E-state index is 11.3. The Bertz CT molecular complexity index is 345. The van der Waals surface area contributed by atoms with Crippen molar-refractivity contribution in [1.29, 1.82) is 0 Å². The van der Waals surface area contributed by atoms with Crippen molar-refractivity contribution in [3.63, 3.8) is 0 Å². The Morgan fingerprint density at radius 3 is 2.54 bits per heavy atom. The minimum atomic E-state index is 0.0447. The number of rotatable bonds is 2. The summed E-state index contributed by atoms with van der Waals surface area (Å²) in [5.74, 6) is 0.789. The molecule has 0 bridgehead atoms. The minimum absolute atomic E-state index is 0.0447. The zero-order valence-corrected chi connectivity index (χ0v) is 9.44. The van der Waals surface area contributed by atoms with Crippen LogP contribution in [0.4, 0.5) is 0 Å². The van der Waals surface area contributed by atoms with Gasteiger partial charge in [-0.25, -0.2) is 0 Å². The lowest BCUT2D eigenvalue weighted by atomic mass is 10.0. The van der Waals surface area contributed by atoms with E-state index >= 15 is 0 Å². The van der Waals surface area contributed by atoms with Gasteiger partial charge in [-0.15, -0.1) is 0 Å². The van der Waals surface area contributed by atoms with Gasteiger partial charge in [-0.1, -0.05) is 15.9 Å². The molecule has 0 saturated heterocycles. The molecule has 1 aromatic carbocycles. The van der Waals surface area contributed by atoms with Crippen molar-refractivity contribution < 1.29 is 9.53 Å². The Hall–Kier alpha value is -0.830. The van der Waals surface area contributed by atoms with E-state index < -0.39 is 0 Å². The maximum atomic E-state index is 11.3. The summed E-state index contributed by atoms with van der Waals surface area (Å²) in [4.78, 5) is 11.3. The number of carbonyl (C=O) groups excluding carboxylic acids is 1. The second kappa shape index (κ2) is 3.92. The van der Waals surface area contributed by atoms with Crippen molar-refractivity contribution in [3.8, 4) is 5.75 Å². The molecule has 0 heterocycles. The fraction of sp³-hybridized carbons (Fsp3) is 0.300. The highest BCUT2D eigenvalue weighted by Crippen LogP contribution is 2.28. The van der Waals surface area contributed by atoms with Crippen LogP contribution in [-0.4, -0.2) is 12.9 Å². The Kier molecular flexibility index (Phi) is 3.09. The highest BCUT2D eigenvalue weighted by atomic mass is 79.9. The van der Waals surface area contributed by atoms with Crippen LogP contribution in [0.25, 0.3) is 0 Å². The molecule has 0 unspecified atom stereocenters. The van der Waals surface area contributed by atoms with E-state index in [0.717, 1.165) is 15.8 Å². The van der Waals surface area contributed by atoms with Gasteiger partial charge in [-0.05, 0) is 26.0 Å². The quantitative estimate of drug-likeness (QED) is 0.746. The lowest BCUT2D eigenvalue weighted by molar-refractivity contribution is 0.101. The van der Waals surface area contributed by atoms with Crippen LogP contribution in [0.1, 0.15) is 22.8 Å². The fourth-order valence-electron chi connectivity index (χ4n) is 1.31. The molecule has 0 aliphatic carbocycles. The first-order valence-electron chi connectivity index (χ1n) is 3.92. The van der Waals surface area contributed by atoms with Gasteiger partial charge in [0.2, 0.25) is 0 Å². The number of hydrogen-bond donors (Lipinski definition) is 0. The van der Waals surface area contributed by atoms with Crippen molar-refractivity contribution >= 4 is 21.7 Å². The summed E-state index contributed by atoms with van der Waals surface area (Å²) < 4.78 is 5.94. The zero-order chi connectivity index (χ0) is 10.0. The molecule has 0 spiro atoms. The van der Waals surface area contributed by atoms with E-state index in [-0.39, 0.29) is 5.78 Å². The van der Waals surface area contributed by atoms with Crippen LogP contribution in [0.3, 0.4) is 0 Å². The highest BCUT2D eigenvalue weighted by Gasteiger charge is 2.12. The average Bonchev–Trinajstić information content (AvgIpc) is 2.04. The van der Waals surface area contributed by atoms with Crippen molar-refractivity contribution in [2.75, 3.05) is 7.11 Å². The molecule has 3 heteroatoms. The predicted octanol–water partition coefficient (Wildman–Crippen LogP) is 2.97. The second-order valence-electron chi connectivity index (χ2n) is 2.81. The monoisotopic (exact) mass is 242 g/mol. The van der Waals surface area contributed by atoms with Gasteiger partial charge in [0.25, 0.3) is 0 Å². The fourth-order valence-corrected chi connectivity index (χ4v) is 2.02. The standard InChI is InChI=1S/C10H11BrO2/c1-6-9(13-3)5-4-8(11)10(6)7(2)12/h4-5H,1-3H3. The number of ketones is 1. The van der Waals surface area contributed by atoms with Crippen LogP contribution >= 0.6 is 15.9 Å². The van der Waals surface area contributed by atoms with Crippen molar-refractivity contribution in [3.05, 3.63) is 27.7 Å². The van der Waals surface area contributed by atoms with Crippen molar-refractivity contribution in [2.24, 2.45) is 0 Å². The summed E-state index contributed by atoms with van der Waals surface area (Å²) in [6.07, 6.45) is 0. The van der Waals surface area contributed by atoms with Crippen LogP contribution in [-0.2, 0) is 0 Å². The van der Waals surface area contributed by atoms with E-state index in [2.05, 4.69) is 15.9 Å². The van der Waals surface area contributed by atoms with Crippen LogP contribution in [0.2, 0.25) is 0 Å². The number of halogens is 1. The molecule has 0 aromatic heterocycles. The first-order chi connectivity index (χ1) is 6.07. The van der Waals surface area contributed by atoms with E-state index in [1.165, 1.54) is 0 Å². The molecule has 1 aromatic rings. The summed E-state index contributed by atoms with van der Waals surface area (Å²) in [7, 11) is 1.60. The van der Waals surface area contributed by atoms with E-state index in [4.69, 9.17) is 4.74 Å². The summed E-state index contributed by atoms with van der Waals surface area (Å²) in [5.41, 5.74) is 1.57. The van der Waals surface area contributed by atoms with E-state index in [1.54, 1.807) is 14.0 Å². The summed E-state index contributed by atoms with van der Waals surface area (Å²) in [6.45, 7) is 3.42. The normalized spacial score (nSPS) is 9.85. The van der Waals surface area contributed by atoms with Gasteiger partial charge < -0.3 is 4.74 Å². The number of Topliss-reactive ketones (excluding diaryl/α,β-unsaturated/α-hetero) is 1. The molecule has 13 heavy (non-hydrogen) atoms. The third-order valence-corrected chi connectivity index (χ3v) is 2.60. The molecular weight excluding hydrogens is 232 g/mol. The third-order valence-electron chi connectivity index (χ3n) is 1.94. The van der Waals surface area contributed by atoms with Gasteiger partial charge in [0.1, 0.15) is 5.75 Å². The maximum Gasteiger partial charge on any atom is 0.161 e. The average molecular weight is 243 g/mol. The van der Waals surface area contributed by atoms with Gasteiger partial charge in [0, 0.05) is 15.6 Å². The molecule has 0 aliphatic heterocycles. The number of methoxy groups -OCH3 is 1. The summed E-state index contributed by atoms with van der Waals surface area (Å²) in [6, 6.07) is 3.66. The van der Waals surface area contributed by atoms with E-state index in [0.29, 0.717) is 5.56 Å². The molecular formula is C10H11BrO2. The summed E-state index contributed by atoms with van der Waals surface area (Å²) in [5, 5.41) is 0. The molecule has 0 radical (unpaired) electrons. The minimum Gasteiger partial charge on any atom is -0.496 e. The molecule has 0 amide bonds. The predicted molar refractivity (Wildman–Crippen MR) is 55.4 cm³/mol. The van der Waals surface area contributed by atoms with Crippen LogP contribution in [0, 0.1) is 6.92 Å². The van der Waals surface area contributed by atoms with Gasteiger partial charge in [0.15, 0.2) is 5.78 Å². The number of carbonyl (C=O) groups is 1. The Balaban J connectivity index is 3.38. The molecule has 0 saturated carbocycles. The number of benzene rings is 1. The van der Waals surface area contributed by atoms with Crippen molar-refractivity contribution in [2.45, 2.75) is 13.8 Å². The first-order valence-corrected chi connectivity index (χ1v) is 4.71.